The van der Waals surface area contributed by atoms with E-state index in [1.807, 2.05) is 16.7 Å². The van der Waals surface area contributed by atoms with E-state index in [9.17, 15) is 9.59 Å². The molecule has 3 saturated heterocycles. The lowest BCUT2D eigenvalue weighted by Gasteiger charge is -2.59. The minimum absolute atomic E-state index is 0.00230. The zero-order chi connectivity index (χ0) is 19.6. The maximum atomic E-state index is 13.5. The van der Waals surface area contributed by atoms with Crippen LogP contribution in [0.2, 0.25) is 0 Å². The summed E-state index contributed by atoms with van der Waals surface area (Å²) in [5, 5.41) is 0. The van der Waals surface area contributed by atoms with Gasteiger partial charge in [0.25, 0.3) is 0 Å². The first-order valence-electron chi connectivity index (χ1n) is 11.9. The van der Waals surface area contributed by atoms with Crippen LogP contribution in [0.1, 0.15) is 57.8 Å². The molecular weight excluding hydrogens is 384 g/mol. The third-order valence-electron chi connectivity index (χ3n) is 8.81. The van der Waals surface area contributed by atoms with E-state index < -0.39 is 0 Å². The number of nitrogens with zero attached hydrogens (tertiary/aromatic N) is 2. The highest BCUT2D eigenvalue weighted by Gasteiger charge is 2.59. The lowest BCUT2D eigenvalue weighted by Crippen LogP contribution is -2.65. The van der Waals surface area contributed by atoms with Crippen molar-refractivity contribution in [3.05, 3.63) is 0 Å². The molecule has 4 saturated carbocycles. The molecule has 4 aliphatic carbocycles. The van der Waals surface area contributed by atoms with Crippen LogP contribution < -0.4 is 0 Å². The topological polar surface area (TPSA) is 49.9 Å². The third kappa shape index (κ3) is 3.24. The predicted octanol–water partition coefficient (Wildman–Crippen LogP) is 2.93. The second-order valence-electron chi connectivity index (χ2n) is 11.1. The number of likely N-dealkylation sites (tertiary alicyclic amines) is 2. The molecule has 160 valence electrons. The van der Waals surface area contributed by atoms with E-state index in [1.54, 1.807) is 0 Å². The van der Waals surface area contributed by atoms with Gasteiger partial charge in [-0.15, -0.1) is 11.8 Å². The molecule has 1 spiro atoms. The van der Waals surface area contributed by atoms with Gasteiger partial charge in [0, 0.05) is 31.9 Å². The third-order valence-corrected chi connectivity index (χ3v) is 10.4. The van der Waals surface area contributed by atoms with Crippen LogP contribution in [-0.2, 0) is 14.3 Å². The fourth-order valence-electron chi connectivity index (χ4n) is 7.88. The van der Waals surface area contributed by atoms with E-state index in [0.717, 1.165) is 68.9 Å². The Morgan fingerprint density at radius 1 is 0.897 bits per heavy atom. The predicted molar refractivity (Wildman–Crippen MR) is 113 cm³/mol. The summed E-state index contributed by atoms with van der Waals surface area (Å²) in [6.45, 7) is 3.83. The molecule has 0 aromatic carbocycles. The normalized spacial score (nSPS) is 41.9. The number of ether oxygens (including phenoxy) is 1. The van der Waals surface area contributed by atoms with Gasteiger partial charge in [0.05, 0.1) is 16.3 Å². The molecule has 1 atom stereocenters. The molecule has 7 rings (SSSR count). The second kappa shape index (κ2) is 6.88. The van der Waals surface area contributed by atoms with Crippen molar-refractivity contribution in [2.75, 3.05) is 38.5 Å². The summed E-state index contributed by atoms with van der Waals surface area (Å²) < 4.78 is 6.18. The Morgan fingerprint density at radius 3 is 2.14 bits per heavy atom. The van der Waals surface area contributed by atoms with Gasteiger partial charge < -0.3 is 14.5 Å². The largest absolute Gasteiger partial charge is 0.367 e. The van der Waals surface area contributed by atoms with Crippen molar-refractivity contribution >= 4 is 23.6 Å². The Balaban J connectivity index is 1.01. The molecule has 7 fully saturated rings. The van der Waals surface area contributed by atoms with E-state index >= 15 is 0 Å². The molecule has 29 heavy (non-hydrogen) atoms. The molecule has 0 N–H and O–H groups in total. The quantitative estimate of drug-likeness (QED) is 0.704. The maximum absolute atomic E-state index is 13.5. The van der Waals surface area contributed by atoms with E-state index in [0.29, 0.717) is 5.91 Å². The van der Waals surface area contributed by atoms with E-state index in [4.69, 9.17) is 4.74 Å². The van der Waals surface area contributed by atoms with Gasteiger partial charge in [0.15, 0.2) is 0 Å². The van der Waals surface area contributed by atoms with Crippen LogP contribution in [0.15, 0.2) is 0 Å². The van der Waals surface area contributed by atoms with Gasteiger partial charge >= 0.3 is 0 Å². The summed E-state index contributed by atoms with van der Waals surface area (Å²) in [4.78, 5) is 29.8. The minimum atomic E-state index is -0.00230. The van der Waals surface area contributed by atoms with E-state index in [1.165, 1.54) is 38.5 Å². The van der Waals surface area contributed by atoms with Crippen LogP contribution in [0.5, 0.6) is 0 Å². The first-order valence-corrected chi connectivity index (χ1v) is 12.8. The lowest BCUT2D eigenvalue weighted by molar-refractivity contribution is -0.163. The molecule has 0 aromatic heterocycles. The molecule has 3 aliphatic heterocycles. The fourth-order valence-corrected chi connectivity index (χ4v) is 9.43. The van der Waals surface area contributed by atoms with Gasteiger partial charge in [-0.3, -0.25) is 9.59 Å². The molecular formula is C23H34N2O3S. The molecule has 0 radical (unpaired) electrons. The van der Waals surface area contributed by atoms with Crippen molar-refractivity contribution in [2.24, 2.45) is 23.2 Å². The zero-order valence-corrected chi connectivity index (χ0v) is 18.3. The standard InChI is InChI=1S/C23H34N2O3S/c26-20(24-3-1-2-4-24)12-28-19-11-23(29-13-19)14-25(15-23)21(27)22-8-16-5-17(9-22)7-18(6-16)10-22/h16-19H,1-15H2. The second-order valence-corrected chi connectivity index (χ2v) is 12.6. The maximum Gasteiger partial charge on any atom is 0.248 e. The molecule has 5 nitrogen and oxygen atoms in total. The average Bonchev–Trinajstić information content (AvgIpc) is 3.33. The average molecular weight is 419 g/mol. The Labute approximate surface area is 178 Å². The van der Waals surface area contributed by atoms with Crippen LogP contribution in [0.4, 0.5) is 0 Å². The molecule has 2 amide bonds. The number of rotatable bonds is 4. The molecule has 3 heterocycles. The summed E-state index contributed by atoms with van der Waals surface area (Å²) in [5.74, 6) is 4.08. The highest BCUT2D eigenvalue weighted by Crippen LogP contribution is 2.61. The van der Waals surface area contributed by atoms with Crippen molar-refractivity contribution in [1.29, 1.82) is 0 Å². The van der Waals surface area contributed by atoms with Crippen LogP contribution >= 0.6 is 11.8 Å². The summed E-state index contributed by atoms with van der Waals surface area (Å²) in [5.41, 5.74) is -0.00230. The SMILES string of the molecule is O=C(COC1CSC2(C1)CN(C(=O)C13CC4CC(CC(C4)C1)C3)C2)N1CCCC1. The number of hydrogen-bond acceptors (Lipinski definition) is 4. The lowest BCUT2D eigenvalue weighted by atomic mass is 9.49. The Hall–Kier alpha value is -0.750. The van der Waals surface area contributed by atoms with Gasteiger partial charge in [-0.2, -0.15) is 0 Å². The molecule has 6 heteroatoms. The first-order chi connectivity index (χ1) is 14.0. The van der Waals surface area contributed by atoms with Crippen molar-refractivity contribution in [2.45, 2.75) is 68.6 Å². The van der Waals surface area contributed by atoms with Crippen LogP contribution in [0, 0.1) is 23.2 Å². The van der Waals surface area contributed by atoms with E-state index in [2.05, 4.69) is 4.90 Å². The molecule has 1 unspecified atom stereocenters. The van der Waals surface area contributed by atoms with Crippen molar-refractivity contribution in [1.82, 2.24) is 9.80 Å². The molecule has 7 aliphatic rings. The zero-order valence-electron chi connectivity index (χ0n) is 17.4. The number of thioether (sulfide) groups is 1. The highest BCUT2D eigenvalue weighted by molar-refractivity contribution is 8.01. The van der Waals surface area contributed by atoms with E-state index in [-0.39, 0.29) is 28.8 Å². The van der Waals surface area contributed by atoms with Crippen LogP contribution in [0.3, 0.4) is 0 Å². The molecule has 0 aromatic rings. The van der Waals surface area contributed by atoms with Crippen LogP contribution in [-0.4, -0.2) is 71.0 Å². The molecule has 4 bridgehead atoms. The minimum Gasteiger partial charge on any atom is -0.367 e. The van der Waals surface area contributed by atoms with Crippen LogP contribution in [0.25, 0.3) is 0 Å². The van der Waals surface area contributed by atoms with Crippen molar-refractivity contribution in [3.8, 4) is 0 Å². The van der Waals surface area contributed by atoms with Gasteiger partial charge in [-0.25, -0.2) is 0 Å². The number of carbonyl (C=O) groups is 2. The summed E-state index contributed by atoms with van der Waals surface area (Å²) >= 11 is 1.98. The fraction of sp³-hybridized carbons (Fsp3) is 0.913. The Bertz CT molecular complexity index is 663. The number of amides is 2. The number of carbonyl (C=O) groups excluding carboxylic acids is 2. The summed E-state index contributed by atoms with van der Waals surface area (Å²) in [6, 6.07) is 0. The first kappa shape index (κ1) is 19.0. The summed E-state index contributed by atoms with van der Waals surface area (Å²) in [6.07, 6.45) is 11.1. The van der Waals surface area contributed by atoms with Crippen molar-refractivity contribution in [3.63, 3.8) is 0 Å². The summed E-state index contributed by atoms with van der Waals surface area (Å²) in [7, 11) is 0. The Kier molecular flexibility index (Phi) is 4.50. The Morgan fingerprint density at radius 2 is 1.52 bits per heavy atom. The highest BCUT2D eigenvalue weighted by atomic mass is 32.2. The number of hydrogen-bond donors (Lipinski definition) is 0. The van der Waals surface area contributed by atoms with Gasteiger partial charge in [-0.1, -0.05) is 0 Å². The van der Waals surface area contributed by atoms with Gasteiger partial charge in [0.2, 0.25) is 11.8 Å². The van der Waals surface area contributed by atoms with Crippen molar-refractivity contribution < 1.29 is 14.3 Å². The van der Waals surface area contributed by atoms with Gasteiger partial charge in [0.1, 0.15) is 6.61 Å². The van der Waals surface area contributed by atoms with Gasteiger partial charge in [-0.05, 0) is 75.5 Å². The monoisotopic (exact) mass is 418 g/mol. The smallest absolute Gasteiger partial charge is 0.248 e.